The maximum atomic E-state index is 11.0. The Labute approximate surface area is 131 Å². The summed E-state index contributed by atoms with van der Waals surface area (Å²) in [4.78, 5) is 23.6. The number of carbonyl (C=O) groups is 1. The number of nitriles is 1. The van der Waals surface area contributed by atoms with Crippen LogP contribution in [0.5, 0.6) is 0 Å². The number of hydrogen-bond donors (Lipinski definition) is 2. The highest BCUT2D eigenvalue weighted by molar-refractivity contribution is 5.79. The van der Waals surface area contributed by atoms with Crippen molar-refractivity contribution in [3.05, 3.63) is 41.9 Å². The van der Waals surface area contributed by atoms with E-state index in [1.807, 2.05) is 12.1 Å². The first-order valence-electron chi connectivity index (χ1n) is 6.80. The molecule has 3 aromatic rings. The van der Waals surface area contributed by atoms with Crippen LogP contribution in [0.1, 0.15) is 11.3 Å². The molecule has 2 aromatic heterocycles. The van der Waals surface area contributed by atoms with Crippen molar-refractivity contribution in [2.24, 2.45) is 12.8 Å². The number of rotatable bonds is 4. The predicted octanol–water partition coefficient (Wildman–Crippen LogP) is 1.01. The molecule has 0 saturated carbocycles. The van der Waals surface area contributed by atoms with Gasteiger partial charge in [0, 0.05) is 12.7 Å². The minimum absolute atomic E-state index is 0.152. The number of anilines is 2. The monoisotopic (exact) mass is 307 g/mol. The fourth-order valence-corrected chi connectivity index (χ4v) is 2.28. The van der Waals surface area contributed by atoms with Gasteiger partial charge in [-0.15, -0.1) is 0 Å². The number of nitrogens with two attached hydrogens (primary N) is 1. The lowest BCUT2D eigenvalue weighted by Gasteiger charge is -2.07. The van der Waals surface area contributed by atoms with E-state index in [0.29, 0.717) is 16.9 Å². The molecule has 0 aliphatic heterocycles. The zero-order valence-electron chi connectivity index (χ0n) is 12.3. The van der Waals surface area contributed by atoms with Crippen LogP contribution >= 0.6 is 0 Å². The Bertz CT molecular complexity index is 939. The molecule has 114 valence electrons. The third kappa shape index (κ3) is 2.94. The molecule has 0 bridgehead atoms. The summed E-state index contributed by atoms with van der Waals surface area (Å²) < 4.78 is 1.70. The highest BCUT2D eigenvalue weighted by Crippen LogP contribution is 2.19. The minimum atomic E-state index is -0.403. The van der Waals surface area contributed by atoms with Crippen molar-refractivity contribution in [1.29, 1.82) is 5.26 Å². The zero-order chi connectivity index (χ0) is 16.4. The number of amides is 1. The second-order valence-corrected chi connectivity index (χ2v) is 5.00. The lowest BCUT2D eigenvalue weighted by molar-refractivity contribution is -0.117. The van der Waals surface area contributed by atoms with Gasteiger partial charge in [0.1, 0.15) is 11.6 Å². The van der Waals surface area contributed by atoms with Gasteiger partial charge in [-0.25, -0.2) is 4.98 Å². The van der Waals surface area contributed by atoms with Crippen molar-refractivity contribution in [2.75, 3.05) is 5.32 Å². The van der Waals surface area contributed by atoms with Crippen LogP contribution in [0.2, 0.25) is 0 Å². The molecule has 0 radical (unpaired) electrons. The summed E-state index contributed by atoms with van der Waals surface area (Å²) in [5.41, 5.74) is 7.94. The first-order chi connectivity index (χ1) is 11.1. The van der Waals surface area contributed by atoms with E-state index in [1.165, 1.54) is 0 Å². The Morgan fingerprint density at radius 2 is 2.26 bits per heavy atom. The molecule has 0 aliphatic carbocycles. The summed E-state index contributed by atoms with van der Waals surface area (Å²) in [7, 11) is 1.78. The number of aryl methyl sites for hydroxylation is 1. The number of imidazole rings is 1. The van der Waals surface area contributed by atoms with Crippen LogP contribution in [0.4, 0.5) is 11.6 Å². The number of nitrogens with zero attached hydrogens (tertiary/aromatic N) is 5. The summed E-state index contributed by atoms with van der Waals surface area (Å²) in [6.07, 6.45) is 1.73. The maximum Gasteiger partial charge on any atom is 0.230 e. The van der Waals surface area contributed by atoms with Gasteiger partial charge in [-0.1, -0.05) is 12.1 Å². The molecule has 1 amide bonds. The summed E-state index contributed by atoms with van der Waals surface area (Å²) in [5.74, 6) is -0.135. The van der Waals surface area contributed by atoms with Crippen LogP contribution in [0.3, 0.4) is 0 Å². The fourth-order valence-electron chi connectivity index (χ4n) is 2.28. The van der Waals surface area contributed by atoms with Crippen molar-refractivity contribution in [2.45, 2.75) is 6.42 Å². The van der Waals surface area contributed by atoms with Gasteiger partial charge >= 0.3 is 0 Å². The molecular formula is C15H13N7O. The predicted molar refractivity (Wildman–Crippen MR) is 83.6 cm³/mol. The van der Waals surface area contributed by atoms with E-state index in [2.05, 4.69) is 20.3 Å². The fraction of sp³-hybridized carbons (Fsp3) is 0.133. The van der Waals surface area contributed by atoms with E-state index in [4.69, 9.17) is 5.73 Å². The van der Waals surface area contributed by atoms with Crippen LogP contribution in [-0.4, -0.2) is 25.4 Å². The molecule has 0 spiro atoms. The molecule has 23 heavy (non-hydrogen) atoms. The van der Waals surface area contributed by atoms with Gasteiger partial charge in [0.15, 0.2) is 11.3 Å². The normalized spacial score (nSPS) is 10.4. The average molecular weight is 307 g/mol. The molecule has 2 heterocycles. The van der Waals surface area contributed by atoms with Crippen LogP contribution in [0.25, 0.3) is 11.2 Å². The molecule has 1 aromatic carbocycles. The highest BCUT2D eigenvalue weighted by Gasteiger charge is 2.12. The Morgan fingerprint density at radius 3 is 3.00 bits per heavy atom. The van der Waals surface area contributed by atoms with Gasteiger partial charge in [0.2, 0.25) is 11.9 Å². The first-order valence-corrected chi connectivity index (χ1v) is 6.80. The largest absolute Gasteiger partial charge is 0.369 e. The molecule has 3 rings (SSSR count). The summed E-state index contributed by atoms with van der Waals surface area (Å²) in [5, 5.41) is 12.3. The van der Waals surface area contributed by atoms with Gasteiger partial charge in [-0.2, -0.15) is 15.2 Å². The zero-order valence-corrected chi connectivity index (χ0v) is 12.3. The Hall–Kier alpha value is -3.47. The summed E-state index contributed by atoms with van der Waals surface area (Å²) in [6.45, 7) is 0. The molecule has 0 saturated heterocycles. The number of benzene rings is 1. The molecule has 0 atom stereocenters. The van der Waals surface area contributed by atoms with Crippen LogP contribution in [0.15, 0.2) is 30.6 Å². The third-order valence-corrected chi connectivity index (χ3v) is 3.24. The molecule has 8 heteroatoms. The van der Waals surface area contributed by atoms with Crippen molar-refractivity contribution < 1.29 is 4.79 Å². The van der Waals surface area contributed by atoms with Crippen LogP contribution < -0.4 is 11.1 Å². The number of fused-ring (bicyclic) bond motifs is 1. The SMILES string of the molecule is Cn1cnc2nc(Nc3cccc(CC(N)=O)c3)nc(C#N)c21. The Morgan fingerprint density at radius 1 is 1.43 bits per heavy atom. The highest BCUT2D eigenvalue weighted by atomic mass is 16.1. The lowest BCUT2D eigenvalue weighted by Crippen LogP contribution is -2.13. The number of primary amides is 1. The van der Waals surface area contributed by atoms with E-state index in [9.17, 15) is 10.1 Å². The van der Waals surface area contributed by atoms with Crippen LogP contribution in [-0.2, 0) is 18.3 Å². The van der Waals surface area contributed by atoms with Gasteiger partial charge in [-0.05, 0) is 17.7 Å². The topological polar surface area (TPSA) is 123 Å². The number of carbonyl (C=O) groups excluding carboxylic acids is 1. The number of aromatic nitrogens is 4. The van der Waals surface area contributed by atoms with E-state index in [1.54, 1.807) is 36.1 Å². The first kappa shape index (κ1) is 14.5. The minimum Gasteiger partial charge on any atom is -0.369 e. The van der Waals surface area contributed by atoms with Crippen LogP contribution in [0, 0.1) is 11.3 Å². The lowest BCUT2D eigenvalue weighted by atomic mass is 10.1. The van der Waals surface area contributed by atoms with Crippen molar-refractivity contribution in [3.63, 3.8) is 0 Å². The van der Waals surface area contributed by atoms with E-state index in [-0.39, 0.29) is 18.1 Å². The van der Waals surface area contributed by atoms with Crippen molar-refractivity contribution in [1.82, 2.24) is 19.5 Å². The standard InChI is InChI=1S/C15H13N7O/c1-22-8-18-14-13(22)11(7-16)20-15(21-14)19-10-4-2-3-9(5-10)6-12(17)23/h2-5,8H,6H2,1H3,(H2,17,23)(H,19,20,21). The third-order valence-electron chi connectivity index (χ3n) is 3.24. The van der Waals surface area contributed by atoms with Crippen molar-refractivity contribution >= 4 is 28.7 Å². The van der Waals surface area contributed by atoms with E-state index < -0.39 is 5.91 Å². The number of nitrogens with one attached hydrogen (secondary N) is 1. The van der Waals surface area contributed by atoms with Gasteiger partial charge in [-0.3, -0.25) is 4.79 Å². The quantitative estimate of drug-likeness (QED) is 0.741. The van der Waals surface area contributed by atoms with E-state index >= 15 is 0 Å². The molecule has 0 aliphatic rings. The average Bonchev–Trinajstić information content (AvgIpc) is 2.87. The molecule has 0 unspecified atom stereocenters. The second kappa shape index (κ2) is 5.73. The van der Waals surface area contributed by atoms with Gasteiger partial charge < -0.3 is 15.6 Å². The molecule has 3 N–H and O–H groups in total. The Balaban J connectivity index is 1.96. The van der Waals surface area contributed by atoms with Crippen molar-refractivity contribution in [3.8, 4) is 6.07 Å². The molecule has 0 fully saturated rings. The van der Waals surface area contributed by atoms with E-state index in [0.717, 1.165) is 5.56 Å². The van der Waals surface area contributed by atoms with Gasteiger partial charge in [0.25, 0.3) is 0 Å². The summed E-state index contributed by atoms with van der Waals surface area (Å²) in [6, 6.07) is 9.24. The number of hydrogen-bond acceptors (Lipinski definition) is 6. The smallest absolute Gasteiger partial charge is 0.230 e. The second-order valence-electron chi connectivity index (χ2n) is 5.00. The Kier molecular flexibility index (Phi) is 3.60. The molecular weight excluding hydrogens is 294 g/mol. The van der Waals surface area contributed by atoms with Gasteiger partial charge in [0.05, 0.1) is 12.7 Å². The summed E-state index contributed by atoms with van der Waals surface area (Å²) >= 11 is 0. The molecule has 8 nitrogen and oxygen atoms in total. The maximum absolute atomic E-state index is 11.0.